The van der Waals surface area contributed by atoms with Gasteiger partial charge in [-0.3, -0.25) is 14.4 Å². The molecule has 0 aliphatic carbocycles. The smallest absolute Gasteiger partial charge is 0.224 e. The van der Waals surface area contributed by atoms with Crippen LogP contribution in [0.4, 0.5) is 5.69 Å². The number of rotatable bonds is 8. The molecule has 25 heavy (non-hydrogen) atoms. The molecule has 0 unspecified atom stereocenters. The van der Waals surface area contributed by atoms with Crippen LogP contribution >= 0.6 is 11.6 Å². The Morgan fingerprint density at radius 2 is 1.60 bits per heavy atom. The van der Waals surface area contributed by atoms with Crippen LogP contribution in [-0.4, -0.2) is 17.5 Å². The minimum Gasteiger partial charge on any atom is -0.326 e. The summed E-state index contributed by atoms with van der Waals surface area (Å²) in [4.78, 5) is 35.4. The van der Waals surface area contributed by atoms with Gasteiger partial charge in [-0.05, 0) is 35.9 Å². The number of nitrogens with one attached hydrogen (secondary N) is 1. The van der Waals surface area contributed by atoms with Crippen molar-refractivity contribution >= 4 is 40.8 Å². The number of carbonyl (C=O) groups is 3. The number of ketones is 2. The van der Waals surface area contributed by atoms with Crippen molar-refractivity contribution in [3.05, 3.63) is 71.3 Å². The normalized spacial score (nSPS) is 10.6. The Hall–Kier alpha value is -2.72. The number of hydrogen-bond acceptors (Lipinski definition) is 3. The molecule has 1 amide bonds. The van der Waals surface area contributed by atoms with Gasteiger partial charge in [-0.15, -0.1) is 0 Å². The van der Waals surface area contributed by atoms with Gasteiger partial charge < -0.3 is 5.32 Å². The maximum atomic E-state index is 11.8. The number of hydrogen-bond donors (Lipinski definition) is 1. The van der Waals surface area contributed by atoms with Crippen LogP contribution in [0.5, 0.6) is 0 Å². The van der Waals surface area contributed by atoms with Crippen LogP contribution < -0.4 is 5.32 Å². The van der Waals surface area contributed by atoms with Crippen LogP contribution in [0.2, 0.25) is 5.02 Å². The third-order valence-electron chi connectivity index (χ3n) is 3.39. The van der Waals surface area contributed by atoms with Crippen LogP contribution in [0.3, 0.4) is 0 Å². The summed E-state index contributed by atoms with van der Waals surface area (Å²) in [6.45, 7) is 0. The molecule has 0 heterocycles. The molecule has 0 spiro atoms. The molecule has 2 aromatic carbocycles. The van der Waals surface area contributed by atoms with Gasteiger partial charge in [0.05, 0.1) is 6.42 Å². The van der Waals surface area contributed by atoms with Crippen LogP contribution in [0.15, 0.2) is 60.7 Å². The first-order valence-corrected chi connectivity index (χ1v) is 8.24. The largest absolute Gasteiger partial charge is 0.326 e. The lowest BCUT2D eigenvalue weighted by atomic mass is 10.1. The van der Waals surface area contributed by atoms with Crippen LogP contribution in [0, 0.1) is 0 Å². The highest BCUT2D eigenvalue weighted by Crippen LogP contribution is 2.13. The summed E-state index contributed by atoms with van der Waals surface area (Å²) in [5.41, 5.74) is 1.51. The van der Waals surface area contributed by atoms with E-state index in [0.29, 0.717) is 10.7 Å². The van der Waals surface area contributed by atoms with Gasteiger partial charge in [-0.25, -0.2) is 0 Å². The van der Waals surface area contributed by atoms with E-state index in [1.165, 1.54) is 6.08 Å². The molecule has 4 nitrogen and oxygen atoms in total. The lowest BCUT2D eigenvalue weighted by Gasteiger charge is -2.04. The molecule has 1 N–H and O–H groups in total. The van der Waals surface area contributed by atoms with Gasteiger partial charge >= 0.3 is 0 Å². The predicted octanol–water partition coefficient (Wildman–Crippen LogP) is 4.30. The van der Waals surface area contributed by atoms with Crippen molar-refractivity contribution in [2.45, 2.75) is 19.3 Å². The Kier molecular flexibility index (Phi) is 7.11. The van der Waals surface area contributed by atoms with Crippen molar-refractivity contribution in [2.24, 2.45) is 0 Å². The lowest BCUT2D eigenvalue weighted by Crippen LogP contribution is -2.14. The quantitative estimate of drug-likeness (QED) is 0.567. The number of benzene rings is 2. The maximum absolute atomic E-state index is 11.8. The summed E-state index contributed by atoms with van der Waals surface area (Å²) >= 11 is 5.77. The lowest BCUT2D eigenvalue weighted by molar-refractivity contribution is -0.126. The van der Waals surface area contributed by atoms with Gasteiger partial charge in [0.2, 0.25) is 5.91 Å². The van der Waals surface area contributed by atoms with Crippen molar-refractivity contribution in [1.82, 2.24) is 0 Å². The standard InChI is InChI=1S/C20H18ClNO3/c21-16-7-9-17(10-8-16)22-20(25)13-12-19(24)14-18(23)11-6-15-4-2-1-3-5-15/h1-11H,12-14H2,(H,22,25). The Morgan fingerprint density at radius 1 is 0.920 bits per heavy atom. The average molecular weight is 356 g/mol. The third kappa shape index (κ3) is 7.14. The van der Waals surface area contributed by atoms with Crippen LogP contribution in [-0.2, 0) is 14.4 Å². The number of carbonyl (C=O) groups excluding carboxylic acids is 3. The predicted molar refractivity (Wildman–Crippen MR) is 99.4 cm³/mol. The van der Waals surface area contributed by atoms with E-state index in [-0.39, 0.29) is 36.7 Å². The van der Waals surface area contributed by atoms with Gasteiger partial charge in [0.25, 0.3) is 0 Å². The minimum atomic E-state index is -0.275. The number of anilines is 1. The highest BCUT2D eigenvalue weighted by molar-refractivity contribution is 6.30. The van der Waals surface area contributed by atoms with E-state index in [0.717, 1.165) is 5.56 Å². The monoisotopic (exact) mass is 355 g/mol. The molecular weight excluding hydrogens is 338 g/mol. The summed E-state index contributed by atoms with van der Waals surface area (Å²) in [5.74, 6) is -0.802. The molecule has 0 fully saturated rings. The summed E-state index contributed by atoms with van der Waals surface area (Å²) in [6.07, 6.45) is 2.93. The first-order valence-electron chi connectivity index (χ1n) is 7.86. The van der Waals surface area contributed by atoms with Crippen molar-refractivity contribution in [1.29, 1.82) is 0 Å². The van der Waals surface area contributed by atoms with Gasteiger partial charge in [-0.2, -0.15) is 0 Å². The fraction of sp³-hybridized carbons (Fsp3) is 0.150. The average Bonchev–Trinajstić information content (AvgIpc) is 2.61. The third-order valence-corrected chi connectivity index (χ3v) is 3.64. The van der Waals surface area contributed by atoms with Gasteiger partial charge in [-0.1, -0.05) is 48.0 Å². The summed E-state index contributed by atoms with van der Waals surface area (Å²) in [5, 5.41) is 3.25. The van der Waals surface area contributed by atoms with E-state index in [1.54, 1.807) is 30.3 Å². The molecule has 0 atom stereocenters. The first-order chi connectivity index (χ1) is 12.0. The molecule has 0 radical (unpaired) electrons. The zero-order chi connectivity index (χ0) is 18.1. The highest BCUT2D eigenvalue weighted by atomic mass is 35.5. The van der Waals surface area contributed by atoms with E-state index in [4.69, 9.17) is 11.6 Å². The van der Waals surface area contributed by atoms with E-state index in [1.807, 2.05) is 30.3 Å². The molecule has 0 saturated carbocycles. The number of amides is 1. The molecule has 0 aliphatic rings. The summed E-state index contributed by atoms with van der Waals surface area (Å²) in [6, 6.07) is 16.1. The fourth-order valence-electron chi connectivity index (χ4n) is 2.10. The molecular formula is C20H18ClNO3. The molecule has 128 valence electrons. The Labute approximate surface area is 151 Å². The molecule has 0 aliphatic heterocycles. The zero-order valence-electron chi connectivity index (χ0n) is 13.6. The van der Waals surface area contributed by atoms with Crippen molar-refractivity contribution in [3.63, 3.8) is 0 Å². The number of allylic oxidation sites excluding steroid dienone is 1. The van der Waals surface area contributed by atoms with E-state index in [2.05, 4.69) is 5.32 Å². The maximum Gasteiger partial charge on any atom is 0.224 e. The van der Waals surface area contributed by atoms with Gasteiger partial charge in [0, 0.05) is 23.6 Å². The van der Waals surface area contributed by atoms with Crippen molar-refractivity contribution in [2.75, 3.05) is 5.32 Å². The minimum absolute atomic E-state index is 0.0321. The van der Waals surface area contributed by atoms with Crippen LogP contribution in [0.1, 0.15) is 24.8 Å². The summed E-state index contributed by atoms with van der Waals surface area (Å²) < 4.78 is 0. The zero-order valence-corrected chi connectivity index (χ0v) is 14.3. The molecule has 0 bridgehead atoms. The molecule has 2 rings (SSSR count). The van der Waals surface area contributed by atoms with E-state index < -0.39 is 0 Å². The fourth-order valence-corrected chi connectivity index (χ4v) is 2.23. The molecule has 5 heteroatoms. The highest BCUT2D eigenvalue weighted by Gasteiger charge is 2.10. The Balaban J connectivity index is 1.72. The molecule has 2 aromatic rings. The van der Waals surface area contributed by atoms with Crippen molar-refractivity contribution < 1.29 is 14.4 Å². The van der Waals surface area contributed by atoms with Crippen molar-refractivity contribution in [3.8, 4) is 0 Å². The van der Waals surface area contributed by atoms with E-state index in [9.17, 15) is 14.4 Å². The Morgan fingerprint density at radius 3 is 2.28 bits per heavy atom. The van der Waals surface area contributed by atoms with Gasteiger partial charge in [0.15, 0.2) is 5.78 Å². The second-order valence-corrected chi connectivity index (χ2v) is 5.92. The first kappa shape index (κ1) is 18.6. The van der Waals surface area contributed by atoms with Gasteiger partial charge in [0.1, 0.15) is 5.78 Å². The number of Topliss-reactive ketones (excluding diaryl/α,β-unsaturated/α-hetero) is 1. The second-order valence-electron chi connectivity index (χ2n) is 5.48. The van der Waals surface area contributed by atoms with E-state index >= 15 is 0 Å². The molecule has 0 aromatic heterocycles. The number of halogens is 1. The SMILES string of the molecule is O=C(C=Cc1ccccc1)CC(=O)CCC(=O)Nc1ccc(Cl)cc1. The van der Waals surface area contributed by atoms with Crippen LogP contribution in [0.25, 0.3) is 6.08 Å². The Bertz CT molecular complexity index is 767. The molecule has 0 saturated heterocycles. The topological polar surface area (TPSA) is 63.2 Å². The summed E-state index contributed by atoms with van der Waals surface area (Å²) in [7, 11) is 0. The second kappa shape index (κ2) is 9.55.